The number of nitrogens with one attached hydrogen (secondary N) is 2. The topological polar surface area (TPSA) is 114 Å². The van der Waals surface area contributed by atoms with Crippen LogP contribution in [-0.2, 0) is 9.53 Å². The van der Waals surface area contributed by atoms with Crippen LogP contribution in [0.1, 0.15) is 59.4 Å². The van der Waals surface area contributed by atoms with Crippen LogP contribution >= 0.6 is 0 Å². The second-order valence-corrected chi connectivity index (χ2v) is 9.86. The molecular formula is C22H33N7O3. The van der Waals surface area contributed by atoms with E-state index in [9.17, 15) is 9.59 Å². The number of carbonyl (C=O) groups excluding carboxylic acids is 2. The fraction of sp³-hybridized carbons (Fsp3) is 0.682. The van der Waals surface area contributed by atoms with Crippen LogP contribution in [0, 0.1) is 5.92 Å². The number of carbonyl (C=O) groups is 2. The van der Waals surface area contributed by atoms with Crippen molar-refractivity contribution in [2.24, 2.45) is 5.92 Å². The number of fused-ring (bicyclic) bond motifs is 1. The second kappa shape index (κ2) is 8.91. The average Bonchev–Trinajstić information content (AvgIpc) is 3.12. The third-order valence-corrected chi connectivity index (χ3v) is 6.10. The third kappa shape index (κ3) is 5.11. The zero-order valence-corrected chi connectivity index (χ0v) is 19.3. The molecule has 10 heteroatoms. The largest absolute Gasteiger partial charge is 0.444 e. The zero-order valence-electron chi connectivity index (χ0n) is 19.3. The molecule has 0 spiro atoms. The van der Waals surface area contributed by atoms with Gasteiger partial charge in [-0.05, 0) is 52.4 Å². The molecule has 0 unspecified atom stereocenters. The number of anilines is 1. The molecule has 0 bridgehead atoms. The number of imidazole rings is 1. The summed E-state index contributed by atoms with van der Waals surface area (Å²) in [5.74, 6) is 1.20. The second-order valence-electron chi connectivity index (χ2n) is 9.86. The van der Waals surface area contributed by atoms with Crippen LogP contribution in [0.5, 0.6) is 0 Å². The summed E-state index contributed by atoms with van der Waals surface area (Å²) in [5, 5.41) is 6.40. The minimum atomic E-state index is -0.471. The highest BCUT2D eigenvalue weighted by atomic mass is 16.6. The third-order valence-electron chi connectivity index (χ3n) is 6.10. The highest BCUT2D eigenvalue weighted by Crippen LogP contribution is 2.35. The van der Waals surface area contributed by atoms with Crippen LogP contribution in [0.4, 0.5) is 10.6 Å². The average molecular weight is 444 g/mol. The van der Waals surface area contributed by atoms with Gasteiger partial charge < -0.3 is 24.8 Å². The summed E-state index contributed by atoms with van der Waals surface area (Å²) < 4.78 is 7.56. The summed E-state index contributed by atoms with van der Waals surface area (Å²) in [4.78, 5) is 38.7. The fourth-order valence-electron chi connectivity index (χ4n) is 4.36. The van der Waals surface area contributed by atoms with Crippen molar-refractivity contribution in [1.82, 2.24) is 29.7 Å². The molecule has 174 valence electrons. The molecule has 2 aromatic heterocycles. The molecule has 2 aliphatic rings. The predicted octanol–water partition coefficient (Wildman–Crippen LogP) is 2.72. The lowest BCUT2D eigenvalue weighted by molar-refractivity contribution is -0.120. The number of ether oxygens (including phenoxy) is 1. The van der Waals surface area contributed by atoms with Crippen molar-refractivity contribution in [2.75, 3.05) is 25.0 Å². The highest BCUT2D eigenvalue weighted by molar-refractivity contribution is 5.82. The minimum absolute atomic E-state index is 0.00896. The summed E-state index contributed by atoms with van der Waals surface area (Å²) in [6, 6.07) is 0.512. The molecule has 2 N–H and O–H groups in total. The number of piperidine rings is 1. The first-order valence-corrected chi connectivity index (χ1v) is 11.4. The van der Waals surface area contributed by atoms with E-state index in [-0.39, 0.29) is 24.1 Å². The SMILES string of the molecule is CC(=O)NC1CC(n2cnc3c(NCC4CCN(C(=O)OC(C)(C)C)CC4)ncnc32)C1. The summed E-state index contributed by atoms with van der Waals surface area (Å²) in [6.45, 7) is 9.38. The Bertz CT molecular complexity index is 970. The first-order valence-electron chi connectivity index (χ1n) is 11.4. The molecule has 4 rings (SSSR count). The number of amides is 2. The van der Waals surface area contributed by atoms with Gasteiger partial charge in [-0.15, -0.1) is 0 Å². The Balaban J connectivity index is 1.31. The van der Waals surface area contributed by atoms with E-state index in [4.69, 9.17) is 4.74 Å². The van der Waals surface area contributed by atoms with Gasteiger partial charge in [-0.2, -0.15) is 0 Å². The van der Waals surface area contributed by atoms with Crippen LogP contribution in [-0.4, -0.2) is 67.7 Å². The van der Waals surface area contributed by atoms with Crippen molar-refractivity contribution in [3.8, 4) is 0 Å². The van der Waals surface area contributed by atoms with Crippen molar-refractivity contribution in [1.29, 1.82) is 0 Å². The molecule has 1 aliphatic heterocycles. The molecule has 32 heavy (non-hydrogen) atoms. The Morgan fingerprint density at radius 1 is 1.16 bits per heavy atom. The molecule has 1 aliphatic carbocycles. The van der Waals surface area contributed by atoms with Crippen molar-refractivity contribution >= 4 is 29.0 Å². The van der Waals surface area contributed by atoms with E-state index in [1.54, 1.807) is 18.2 Å². The van der Waals surface area contributed by atoms with Crippen LogP contribution < -0.4 is 10.6 Å². The summed E-state index contributed by atoms with van der Waals surface area (Å²) in [5.41, 5.74) is 1.11. The van der Waals surface area contributed by atoms with Gasteiger partial charge in [0.15, 0.2) is 11.5 Å². The van der Waals surface area contributed by atoms with E-state index >= 15 is 0 Å². The summed E-state index contributed by atoms with van der Waals surface area (Å²) >= 11 is 0. The van der Waals surface area contributed by atoms with Gasteiger partial charge in [-0.1, -0.05) is 0 Å². The maximum absolute atomic E-state index is 12.2. The lowest BCUT2D eigenvalue weighted by atomic mass is 9.86. The maximum atomic E-state index is 12.2. The van der Waals surface area contributed by atoms with Gasteiger partial charge in [0.25, 0.3) is 0 Å². The maximum Gasteiger partial charge on any atom is 0.410 e. The molecule has 2 aromatic rings. The number of aromatic nitrogens is 4. The number of nitrogens with zero attached hydrogens (tertiary/aromatic N) is 5. The molecule has 0 atom stereocenters. The van der Waals surface area contributed by atoms with Crippen molar-refractivity contribution in [3.05, 3.63) is 12.7 Å². The van der Waals surface area contributed by atoms with Crippen LogP contribution in [0.2, 0.25) is 0 Å². The molecule has 1 saturated heterocycles. The van der Waals surface area contributed by atoms with Gasteiger partial charge in [-0.25, -0.2) is 19.7 Å². The number of likely N-dealkylation sites (tertiary alicyclic amines) is 1. The minimum Gasteiger partial charge on any atom is -0.444 e. The van der Waals surface area contributed by atoms with E-state index in [1.165, 1.54) is 0 Å². The summed E-state index contributed by atoms with van der Waals surface area (Å²) in [7, 11) is 0. The van der Waals surface area contributed by atoms with Crippen LogP contribution in [0.25, 0.3) is 11.2 Å². The van der Waals surface area contributed by atoms with Crippen molar-refractivity contribution in [3.63, 3.8) is 0 Å². The Kier molecular flexibility index (Phi) is 6.21. The van der Waals surface area contributed by atoms with Gasteiger partial charge >= 0.3 is 6.09 Å². The lowest BCUT2D eigenvalue weighted by Crippen LogP contribution is -2.44. The molecule has 2 fully saturated rings. The lowest BCUT2D eigenvalue weighted by Gasteiger charge is -2.36. The zero-order chi connectivity index (χ0) is 22.9. The molecular weight excluding hydrogens is 410 g/mol. The van der Waals surface area contributed by atoms with Crippen LogP contribution in [0.15, 0.2) is 12.7 Å². The highest BCUT2D eigenvalue weighted by Gasteiger charge is 2.32. The molecule has 10 nitrogen and oxygen atoms in total. The van der Waals surface area contributed by atoms with E-state index in [0.29, 0.717) is 19.0 Å². The number of hydrogen-bond acceptors (Lipinski definition) is 7. The standard InChI is InChI=1S/C22H33N7O3/c1-14(30)27-16-9-17(10-16)29-13-26-18-19(24-12-25-20(18)29)23-11-15-5-7-28(8-6-15)21(31)32-22(2,3)4/h12-13,15-17H,5-11H2,1-4H3,(H,27,30)(H,23,24,25). The van der Waals surface area contributed by atoms with Crippen LogP contribution in [0.3, 0.4) is 0 Å². The normalized spacial score (nSPS) is 21.8. The van der Waals surface area contributed by atoms with Gasteiger partial charge in [0.05, 0.1) is 6.33 Å². The molecule has 0 radical (unpaired) electrons. The van der Waals surface area contributed by atoms with Gasteiger partial charge in [0, 0.05) is 38.6 Å². The van der Waals surface area contributed by atoms with E-state index < -0.39 is 5.60 Å². The Hall–Kier alpha value is -2.91. The first kappa shape index (κ1) is 22.3. The Labute approximate surface area is 188 Å². The van der Waals surface area contributed by atoms with Gasteiger partial charge in [0.2, 0.25) is 5.91 Å². The van der Waals surface area contributed by atoms with Gasteiger partial charge in [0.1, 0.15) is 17.4 Å². The van der Waals surface area contributed by atoms with Gasteiger partial charge in [-0.3, -0.25) is 4.79 Å². The van der Waals surface area contributed by atoms with Crippen molar-refractivity contribution < 1.29 is 14.3 Å². The monoisotopic (exact) mass is 443 g/mol. The molecule has 0 aromatic carbocycles. The molecule has 2 amide bonds. The number of rotatable bonds is 5. The smallest absolute Gasteiger partial charge is 0.410 e. The van der Waals surface area contributed by atoms with E-state index in [1.807, 2.05) is 27.1 Å². The van der Waals surface area contributed by atoms with Crippen molar-refractivity contribution in [2.45, 2.75) is 71.1 Å². The van der Waals surface area contributed by atoms with E-state index in [2.05, 4.69) is 30.2 Å². The predicted molar refractivity (Wildman–Crippen MR) is 120 cm³/mol. The molecule has 3 heterocycles. The Morgan fingerprint density at radius 2 is 1.88 bits per heavy atom. The molecule has 1 saturated carbocycles. The number of hydrogen-bond donors (Lipinski definition) is 2. The fourth-order valence-corrected chi connectivity index (χ4v) is 4.36. The first-order chi connectivity index (χ1) is 15.2. The quantitative estimate of drug-likeness (QED) is 0.730. The Morgan fingerprint density at radius 3 is 2.53 bits per heavy atom. The van der Waals surface area contributed by atoms with E-state index in [0.717, 1.165) is 49.2 Å². The summed E-state index contributed by atoms with van der Waals surface area (Å²) in [6.07, 6.45) is 6.75.